The molecule has 2 rings (SSSR count). The molecule has 1 aromatic heterocycles. The highest BCUT2D eigenvalue weighted by molar-refractivity contribution is 7.11. The Morgan fingerprint density at radius 3 is 2.83 bits per heavy atom. The highest BCUT2D eigenvalue weighted by atomic mass is 32.1. The van der Waals surface area contributed by atoms with Gasteiger partial charge >= 0.3 is 0 Å². The third-order valence-corrected chi connectivity index (χ3v) is 4.95. The monoisotopic (exact) mass is 268 g/mol. The van der Waals surface area contributed by atoms with Crippen LogP contribution in [0, 0.1) is 6.92 Å². The molecule has 0 bridgehead atoms. The maximum absolute atomic E-state index is 5.04. The number of rotatable bonds is 6. The largest absolute Gasteiger partial charge is 0.383 e. The number of aromatic nitrogens is 1. The molecule has 102 valence electrons. The summed E-state index contributed by atoms with van der Waals surface area (Å²) in [5.41, 5.74) is 1.21. The van der Waals surface area contributed by atoms with Gasteiger partial charge in [0.25, 0.3) is 0 Å². The predicted molar refractivity (Wildman–Crippen MR) is 76.3 cm³/mol. The number of thiazole rings is 1. The van der Waals surface area contributed by atoms with Crippen molar-refractivity contribution in [2.24, 2.45) is 0 Å². The zero-order valence-electron chi connectivity index (χ0n) is 11.5. The van der Waals surface area contributed by atoms with Gasteiger partial charge in [-0.25, -0.2) is 4.98 Å². The van der Waals surface area contributed by atoms with Crippen molar-refractivity contribution in [1.29, 1.82) is 0 Å². The summed E-state index contributed by atoms with van der Waals surface area (Å²) in [7, 11) is 1.74. The van der Waals surface area contributed by atoms with Crippen molar-refractivity contribution in [3.05, 3.63) is 15.6 Å². The molecule has 0 atom stereocenters. The van der Waals surface area contributed by atoms with Gasteiger partial charge in [-0.15, -0.1) is 11.3 Å². The fraction of sp³-hybridized carbons (Fsp3) is 0.786. The molecule has 1 N–H and O–H groups in total. The molecule has 18 heavy (non-hydrogen) atoms. The van der Waals surface area contributed by atoms with Gasteiger partial charge in [0.1, 0.15) is 0 Å². The molecule has 1 heterocycles. The summed E-state index contributed by atoms with van der Waals surface area (Å²) < 4.78 is 5.04. The topological polar surface area (TPSA) is 34.1 Å². The van der Waals surface area contributed by atoms with Crippen LogP contribution in [0.15, 0.2) is 0 Å². The third-order valence-electron chi connectivity index (χ3n) is 3.63. The first kappa shape index (κ1) is 14.0. The molecule has 1 aromatic rings. The second-order valence-electron chi connectivity index (χ2n) is 5.07. The van der Waals surface area contributed by atoms with Crippen LogP contribution >= 0.6 is 11.3 Å². The van der Waals surface area contributed by atoms with Gasteiger partial charge in [-0.05, 0) is 19.8 Å². The molecule has 1 fully saturated rings. The van der Waals surface area contributed by atoms with Crippen molar-refractivity contribution in [3.8, 4) is 0 Å². The Bertz CT molecular complexity index is 359. The van der Waals surface area contributed by atoms with Gasteiger partial charge in [0.05, 0.1) is 17.3 Å². The van der Waals surface area contributed by atoms with E-state index in [4.69, 9.17) is 9.72 Å². The van der Waals surface area contributed by atoms with Crippen molar-refractivity contribution in [3.63, 3.8) is 0 Å². The fourth-order valence-electron chi connectivity index (χ4n) is 2.51. The summed E-state index contributed by atoms with van der Waals surface area (Å²) >= 11 is 1.91. The molecule has 0 aliphatic heterocycles. The first-order chi connectivity index (χ1) is 8.81. The van der Waals surface area contributed by atoms with Gasteiger partial charge in [-0.2, -0.15) is 0 Å². The summed E-state index contributed by atoms with van der Waals surface area (Å²) in [5, 5.41) is 4.78. The van der Waals surface area contributed by atoms with Crippen LogP contribution in [0.2, 0.25) is 0 Å². The third kappa shape index (κ3) is 3.77. The summed E-state index contributed by atoms with van der Waals surface area (Å²) in [5.74, 6) is 0.732. The van der Waals surface area contributed by atoms with Crippen LogP contribution in [-0.4, -0.2) is 25.2 Å². The van der Waals surface area contributed by atoms with Gasteiger partial charge in [0.15, 0.2) is 0 Å². The Hall–Kier alpha value is -0.450. The van der Waals surface area contributed by atoms with Crippen molar-refractivity contribution < 1.29 is 4.74 Å². The average Bonchev–Trinajstić information content (AvgIpc) is 2.77. The van der Waals surface area contributed by atoms with Crippen molar-refractivity contribution in [2.45, 2.75) is 51.5 Å². The maximum atomic E-state index is 5.04. The van der Waals surface area contributed by atoms with Crippen LogP contribution in [-0.2, 0) is 11.3 Å². The number of ether oxygens (including phenoxy) is 1. The minimum atomic E-state index is 0.732. The van der Waals surface area contributed by atoms with Gasteiger partial charge in [-0.3, -0.25) is 0 Å². The van der Waals surface area contributed by atoms with Crippen LogP contribution in [0.3, 0.4) is 0 Å². The van der Waals surface area contributed by atoms with E-state index in [9.17, 15) is 0 Å². The number of hydrogen-bond donors (Lipinski definition) is 1. The van der Waals surface area contributed by atoms with Crippen LogP contribution in [0.5, 0.6) is 0 Å². The van der Waals surface area contributed by atoms with E-state index in [1.165, 1.54) is 47.7 Å². The predicted octanol–water partition coefficient (Wildman–Crippen LogP) is 3.24. The van der Waals surface area contributed by atoms with E-state index in [1.54, 1.807) is 7.11 Å². The molecule has 3 nitrogen and oxygen atoms in total. The number of nitrogens with one attached hydrogen (secondary N) is 1. The van der Waals surface area contributed by atoms with E-state index in [0.717, 1.165) is 25.6 Å². The molecule has 4 heteroatoms. The van der Waals surface area contributed by atoms with Crippen LogP contribution < -0.4 is 5.32 Å². The lowest BCUT2D eigenvalue weighted by Crippen LogP contribution is -2.18. The van der Waals surface area contributed by atoms with Crippen LogP contribution in [0.25, 0.3) is 0 Å². The highest BCUT2D eigenvalue weighted by Gasteiger charge is 2.19. The second-order valence-corrected chi connectivity index (χ2v) is 6.18. The lowest BCUT2D eigenvalue weighted by molar-refractivity contribution is 0.199. The number of hydrogen-bond acceptors (Lipinski definition) is 4. The first-order valence-corrected chi connectivity index (χ1v) is 7.78. The van der Waals surface area contributed by atoms with Gasteiger partial charge < -0.3 is 10.1 Å². The molecule has 0 radical (unpaired) electrons. The summed E-state index contributed by atoms with van der Waals surface area (Å²) in [6.07, 6.45) is 6.84. The molecule has 0 unspecified atom stereocenters. The Balaban J connectivity index is 1.89. The Labute approximate surface area is 114 Å². The molecule has 0 saturated heterocycles. The second kappa shape index (κ2) is 7.22. The number of methoxy groups -OCH3 is 1. The molecule has 0 spiro atoms. The minimum Gasteiger partial charge on any atom is -0.383 e. The van der Waals surface area contributed by atoms with Crippen molar-refractivity contribution in [2.75, 3.05) is 20.3 Å². The number of aryl methyl sites for hydroxylation is 1. The zero-order valence-corrected chi connectivity index (χ0v) is 12.3. The molecule has 0 aromatic carbocycles. The maximum Gasteiger partial charge on any atom is 0.0962 e. The molecular formula is C14H24N2OS. The molecular weight excluding hydrogens is 244 g/mol. The average molecular weight is 268 g/mol. The van der Waals surface area contributed by atoms with Crippen molar-refractivity contribution >= 4 is 11.3 Å². The van der Waals surface area contributed by atoms with E-state index in [2.05, 4.69) is 12.2 Å². The lowest BCUT2D eigenvalue weighted by Gasteiger charge is -2.18. The summed E-state index contributed by atoms with van der Waals surface area (Å²) in [6, 6.07) is 0. The lowest BCUT2D eigenvalue weighted by atomic mass is 9.90. The Morgan fingerprint density at radius 1 is 1.33 bits per heavy atom. The normalized spacial score (nSPS) is 17.2. The van der Waals surface area contributed by atoms with Crippen molar-refractivity contribution in [1.82, 2.24) is 10.3 Å². The molecule has 1 aliphatic carbocycles. The van der Waals surface area contributed by atoms with E-state index < -0.39 is 0 Å². The smallest absolute Gasteiger partial charge is 0.0962 e. The number of nitrogens with zero attached hydrogens (tertiary/aromatic N) is 1. The van der Waals surface area contributed by atoms with Gasteiger partial charge in [0, 0.05) is 31.0 Å². The van der Waals surface area contributed by atoms with Crippen LogP contribution in [0.4, 0.5) is 0 Å². The molecule has 1 saturated carbocycles. The first-order valence-electron chi connectivity index (χ1n) is 6.97. The minimum absolute atomic E-state index is 0.732. The van der Waals surface area contributed by atoms with E-state index in [0.29, 0.717) is 0 Å². The van der Waals surface area contributed by atoms with Crippen LogP contribution in [0.1, 0.15) is 53.6 Å². The SMILES string of the molecule is COCCNCc1sc(C2CCCCC2)nc1C. The standard InChI is InChI=1S/C14H24N2OS/c1-11-13(10-15-8-9-17-2)18-14(16-11)12-6-4-3-5-7-12/h12,15H,3-10H2,1-2H3. The quantitative estimate of drug-likeness (QED) is 0.804. The van der Waals surface area contributed by atoms with Gasteiger partial charge in [-0.1, -0.05) is 19.3 Å². The van der Waals surface area contributed by atoms with E-state index >= 15 is 0 Å². The van der Waals surface area contributed by atoms with Gasteiger partial charge in [0.2, 0.25) is 0 Å². The molecule has 1 aliphatic rings. The fourth-order valence-corrected chi connectivity index (χ4v) is 3.72. The molecule has 0 amide bonds. The van der Waals surface area contributed by atoms with E-state index in [-0.39, 0.29) is 0 Å². The highest BCUT2D eigenvalue weighted by Crippen LogP contribution is 2.35. The zero-order chi connectivity index (χ0) is 12.8. The Kier molecular flexibility index (Phi) is 5.60. The summed E-state index contributed by atoms with van der Waals surface area (Å²) in [4.78, 5) is 6.18. The van der Waals surface area contributed by atoms with E-state index in [1.807, 2.05) is 11.3 Å². The Morgan fingerprint density at radius 2 is 2.11 bits per heavy atom. The summed E-state index contributed by atoms with van der Waals surface area (Å²) in [6.45, 7) is 4.75.